The zero-order valence-electron chi connectivity index (χ0n) is 14.1. The van der Waals surface area contributed by atoms with Crippen LogP contribution in [-0.4, -0.2) is 36.7 Å². The Balaban J connectivity index is 1.57. The number of sulfonamides is 1. The second kappa shape index (κ2) is 8.16. The van der Waals surface area contributed by atoms with Gasteiger partial charge in [-0.1, -0.05) is 29.8 Å². The summed E-state index contributed by atoms with van der Waals surface area (Å²) >= 11 is 6.07. The summed E-state index contributed by atoms with van der Waals surface area (Å²) in [7, 11) is -3.46. The molecule has 0 radical (unpaired) electrons. The van der Waals surface area contributed by atoms with Gasteiger partial charge in [-0.05, 0) is 36.6 Å². The van der Waals surface area contributed by atoms with Crippen LogP contribution in [0.1, 0.15) is 18.4 Å². The van der Waals surface area contributed by atoms with Crippen molar-refractivity contribution < 1.29 is 13.2 Å². The van der Waals surface area contributed by atoms with Crippen LogP contribution in [0.25, 0.3) is 0 Å². The Labute approximate surface area is 158 Å². The number of halogens is 1. The molecule has 0 unspecified atom stereocenters. The van der Waals surface area contributed by atoms with E-state index in [1.807, 2.05) is 0 Å². The summed E-state index contributed by atoms with van der Waals surface area (Å²) in [6.45, 7) is 0.663. The molecule has 138 valence electrons. The van der Waals surface area contributed by atoms with Gasteiger partial charge in [0.15, 0.2) is 0 Å². The fraction of sp³-hybridized carbons (Fsp3) is 0.333. The zero-order chi connectivity index (χ0) is 18.6. The van der Waals surface area contributed by atoms with E-state index < -0.39 is 10.0 Å². The molecule has 1 amide bonds. The van der Waals surface area contributed by atoms with Crippen LogP contribution in [0.5, 0.6) is 0 Å². The van der Waals surface area contributed by atoms with Gasteiger partial charge in [0.25, 0.3) is 0 Å². The van der Waals surface area contributed by atoms with Gasteiger partial charge in [-0.25, -0.2) is 12.7 Å². The average Bonchev–Trinajstić information content (AvgIpc) is 2.64. The topological polar surface area (TPSA) is 79.4 Å². The number of hydrogen-bond acceptors (Lipinski definition) is 4. The summed E-state index contributed by atoms with van der Waals surface area (Å²) < 4.78 is 26.7. The molecule has 0 bridgehead atoms. The van der Waals surface area contributed by atoms with Gasteiger partial charge >= 0.3 is 0 Å². The first-order valence-electron chi connectivity index (χ1n) is 8.38. The first-order chi connectivity index (χ1) is 12.5. The van der Waals surface area contributed by atoms with Gasteiger partial charge in [-0.3, -0.25) is 9.78 Å². The van der Waals surface area contributed by atoms with E-state index in [4.69, 9.17) is 11.6 Å². The van der Waals surface area contributed by atoms with Gasteiger partial charge in [0.1, 0.15) is 0 Å². The maximum Gasteiger partial charge on any atom is 0.227 e. The minimum absolute atomic E-state index is 0.0962. The van der Waals surface area contributed by atoms with Crippen molar-refractivity contribution in [3.63, 3.8) is 0 Å². The van der Waals surface area contributed by atoms with E-state index in [0.29, 0.717) is 42.2 Å². The van der Waals surface area contributed by atoms with Crippen molar-refractivity contribution in [2.24, 2.45) is 5.92 Å². The summed E-state index contributed by atoms with van der Waals surface area (Å²) in [6, 6.07) is 10.5. The number of carbonyl (C=O) groups excluding carboxylic acids is 1. The number of hydrogen-bond donors (Lipinski definition) is 1. The molecular formula is C18H20ClN3O3S. The quantitative estimate of drug-likeness (QED) is 0.847. The Morgan fingerprint density at radius 1 is 1.19 bits per heavy atom. The van der Waals surface area contributed by atoms with E-state index in [0.717, 1.165) is 0 Å². The van der Waals surface area contributed by atoms with Crippen molar-refractivity contribution in [3.05, 3.63) is 59.4 Å². The maximum absolute atomic E-state index is 12.6. The van der Waals surface area contributed by atoms with Crippen molar-refractivity contribution in [2.75, 3.05) is 18.4 Å². The van der Waals surface area contributed by atoms with Crippen molar-refractivity contribution in [1.29, 1.82) is 0 Å². The number of benzene rings is 1. The molecule has 2 heterocycles. The van der Waals surface area contributed by atoms with Crippen molar-refractivity contribution in [3.8, 4) is 0 Å². The second-order valence-corrected chi connectivity index (χ2v) is 8.63. The van der Waals surface area contributed by atoms with Crippen LogP contribution < -0.4 is 5.32 Å². The molecule has 1 aromatic heterocycles. The Kier molecular flexibility index (Phi) is 5.90. The minimum atomic E-state index is -3.46. The minimum Gasteiger partial charge on any atom is -0.324 e. The Hall–Kier alpha value is -1.96. The highest BCUT2D eigenvalue weighted by Gasteiger charge is 2.31. The van der Waals surface area contributed by atoms with Gasteiger partial charge in [-0.2, -0.15) is 0 Å². The lowest BCUT2D eigenvalue weighted by atomic mass is 9.97. The predicted molar refractivity (Wildman–Crippen MR) is 101 cm³/mol. The number of pyridine rings is 1. The van der Waals surface area contributed by atoms with E-state index in [2.05, 4.69) is 10.3 Å². The highest BCUT2D eigenvalue weighted by atomic mass is 35.5. The van der Waals surface area contributed by atoms with Gasteiger partial charge in [0.05, 0.1) is 17.6 Å². The molecule has 1 N–H and O–H groups in total. The number of amides is 1. The normalized spacial score (nSPS) is 16.3. The van der Waals surface area contributed by atoms with Crippen molar-refractivity contribution in [1.82, 2.24) is 9.29 Å². The van der Waals surface area contributed by atoms with Crippen LogP contribution in [0.3, 0.4) is 0 Å². The third kappa shape index (κ3) is 4.60. The summed E-state index contributed by atoms with van der Waals surface area (Å²) in [4.78, 5) is 16.3. The highest BCUT2D eigenvalue weighted by molar-refractivity contribution is 7.88. The number of anilines is 1. The van der Waals surface area contributed by atoms with E-state index in [9.17, 15) is 13.2 Å². The zero-order valence-corrected chi connectivity index (χ0v) is 15.7. The molecule has 2 aromatic rings. The molecule has 1 saturated heterocycles. The first-order valence-corrected chi connectivity index (χ1v) is 10.4. The van der Waals surface area contributed by atoms with Crippen molar-refractivity contribution >= 4 is 33.2 Å². The van der Waals surface area contributed by atoms with E-state index in [1.165, 1.54) is 4.31 Å². The molecule has 26 heavy (non-hydrogen) atoms. The molecule has 3 rings (SSSR count). The number of aromatic nitrogens is 1. The van der Waals surface area contributed by atoms with Gasteiger partial charge in [-0.15, -0.1) is 0 Å². The number of nitrogens with zero attached hydrogens (tertiary/aromatic N) is 2. The molecule has 1 aliphatic heterocycles. The molecule has 6 nitrogen and oxygen atoms in total. The number of nitrogens with one attached hydrogen (secondary N) is 1. The molecular weight excluding hydrogens is 374 g/mol. The summed E-state index contributed by atoms with van der Waals surface area (Å²) in [6.07, 6.45) is 4.21. The Morgan fingerprint density at radius 2 is 1.92 bits per heavy atom. The lowest BCUT2D eigenvalue weighted by Crippen LogP contribution is -2.41. The van der Waals surface area contributed by atoms with Crippen LogP contribution in [0.2, 0.25) is 5.02 Å². The Bertz CT molecular complexity index is 866. The lowest BCUT2D eigenvalue weighted by molar-refractivity contribution is -0.120. The fourth-order valence-corrected chi connectivity index (χ4v) is 4.86. The molecule has 1 aromatic carbocycles. The van der Waals surface area contributed by atoms with E-state index in [1.54, 1.807) is 48.8 Å². The SMILES string of the molecule is O=C(Nc1cccnc1)C1CCN(S(=O)(=O)Cc2ccccc2Cl)CC1. The second-order valence-electron chi connectivity index (χ2n) is 6.25. The fourth-order valence-electron chi connectivity index (χ4n) is 2.98. The van der Waals surface area contributed by atoms with Gasteiger partial charge < -0.3 is 5.32 Å². The number of piperidine rings is 1. The van der Waals surface area contributed by atoms with Crippen LogP contribution in [0, 0.1) is 5.92 Å². The van der Waals surface area contributed by atoms with Crippen LogP contribution >= 0.6 is 11.6 Å². The predicted octanol–water partition coefficient (Wildman–Crippen LogP) is 2.92. The van der Waals surface area contributed by atoms with Gasteiger partial charge in [0.2, 0.25) is 15.9 Å². The molecule has 0 saturated carbocycles. The summed E-state index contributed by atoms with van der Waals surface area (Å²) in [5, 5.41) is 3.27. The third-order valence-corrected chi connectivity index (χ3v) is 6.64. The summed E-state index contributed by atoms with van der Waals surface area (Å²) in [5.41, 5.74) is 1.23. The first kappa shape index (κ1) is 18.8. The van der Waals surface area contributed by atoms with E-state index >= 15 is 0 Å². The smallest absolute Gasteiger partial charge is 0.227 e. The molecule has 8 heteroatoms. The standard InChI is InChI=1S/C18H20ClN3O3S/c19-17-6-2-1-4-15(17)13-26(24,25)22-10-7-14(8-11-22)18(23)21-16-5-3-9-20-12-16/h1-6,9,12,14H,7-8,10-11,13H2,(H,21,23). The van der Waals surface area contributed by atoms with Gasteiger partial charge in [0, 0.05) is 30.2 Å². The van der Waals surface area contributed by atoms with E-state index in [-0.39, 0.29) is 17.6 Å². The van der Waals surface area contributed by atoms with Crippen LogP contribution in [0.15, 0.2) is 48.8 Å². The molecule has 1 aliphatic rings. The highest BCUT2D eigenvalue weighted by Crippen LogP contribution is 2.25. The molecule has 0 aliphatic carbocycles. The maximum atomic E-state index is 12.6. The van der Waals surface area contributed by atoms with Crippen LogP contribution in [0.4, 0.5) is 5.69 Å². The monoisotopic (exact) mass is 393 g/mol. The molecule has 0 spiro atoms. The third-order valence-electron chi connectivity index (χ3n) is 4.44. The molecule has 0 atom stereocenters. The number of rotatable bonds is 5. The Morgan fingerprint density at radius 3 is 2.58 bits per heavy atom. The number of carbonyl (C=O) groups is 1. The van der Waals surface area contributed by atoms with Crippen LogP contribution in [-0.2, 0) is 20.6 Å². The lowest BCUT2D eigenvalue weighted by Gasteiger charge is -2.30. The average molecular weight is 394 g/mol. The van der Waals surface area contributed by atoms with Crippen molar-refractivity contribution in [2.45, 2.75) is 18.6 Å². The largest absolute Gasteiger partial charge is 0.324 e. The molecule has 1 fully saturated rings. The summed E-state index contributed by atoms with van der Waals surface area (Å²) in [5.74, 6) is -0.428.